The van der Waals surface area contributed by atoms with E-state index in [-0.39, 0.29) is 0 Å². The van der Waals surface area contributed by atoms with E-state index < -0.39 is 0 Å². The molecule has 0 saturated heterocycles. The molecule has 18 heavy (non-hydrogen) atoms. The Kier molecular flexibility index (Phi) is 2.34. The maximum Gasteiger partial charge on any atom is 0.0460 e. The molecular weight excluding hydrogens is 218 g/mol. The van der Waals surface area contributed by atoms with Crippen LogP contribution in [0.3, 0.4) is 0 Å². The Labute approximate surface area is 106 Å². The molecule has 2 aromatic carbocycles. The molecule has 0 bridgehead atoms. The van der Waals surface area contributed by atoms with Crippen molar-refractivity contribution in [3.63, 3.8) is 0 Å². The fraction of sp³-hybridized carbons (Fsp3) is 0.0588. The Morgan fingerprint density at radius 2 is 1.89 bits per heavy atom. The lowest BCUT2D eigenvalue weighted by molar-refractivity contribution is 1.45. The normalized spacial score (nSPS) is 10.9. The van der Waals surface area contributed by atoms with Crippen molar-refractivity contribution in [1.29, 1.82) is 0 Å². The van der Waals surface area contributed by atoms with Crippen molar-refractivity contribution in [3.8, 4) is 0 Å². The molecule has 0 atom stereocenters. The van der Waals surface area contributed by atoms with Crippen LogP contribution in [0.1, 0.15) is 16.7 Å². The predicted octanol–water partition coefficient (Wildman–Crippen LogP) is 4.92. The van der Waals surface area contributed by atoms with Crippen LogP contribution in [-0.2, 0) is 0 Å². The zero-order chi connectivity index (χ0) is 12.7. The van der Waals surface area contributed by atoms with Gasteiger partial charge in [0.05, 0.1) is 0 Å². The molecule has 0 spiro atoms. The van der Waals surface area contributed by atoms with E-state index >= 15 is 0 Å². The van der Waals surface area contributed by atoms with Crippen LogP contribution >= 0.6 is 0 Å². The summed E-state index contributed by atoms with van der Waals surface area (Å²) in [4.78, 5) is 3.25. The van der Waals surface area contributed by atoms with E-state index in [0.29, 0.717) is 0 Å². The number of aromatic nitrogens is 1. The number of H-pyrrole nitrogens is 1. The Morgan fingerprint density at radius 1 is 1.06 bits per heavy atom. The van der Waals surface area contributed by atoms with E-state index in [1.54, 1.807) is 0 Å². The van der Waals surface area contributed by atoms with Crippen LogP contribution in [0.2, 0.25) is 0 Å². The lowest BCUT2D eigenvalue weighted by atomic mass is 9.94. The highest BCUT2D eigenvalue weighted by molar-refractivity contribution is 6.02. The van der Waals surface area contributed by atoms with E-state index in [1.807, 2.05) is 18.3 Å². The first-order chi connectivity index (χ1) is 8.74. The topological polar surface area (TPSA) is 15.8 Å². The summed E-state index contributed by atoms with van der Waals surface area (Å²) in [7, 11) is 0. The van der Waals surface area contributed by atoms with Gasteiger partial charge in [-0.05, 0) is 58.7 Å². The van der Waals surface area contributed by atoms with Crippen LogP contribution in [0, 0.1) is 6.92 Å². The molecule has 3 aromatic rings. The summed E-state index contributed by atoms with van der Waals surface area (Å²) in [6.07, 6.45) is 5.81. The van der Waals surface area contributed by atoms with Gasteiger partial charge in [0.15, 0.2) is 0 Å². The molecule has 0 aliphatic rings. The van der Waals surface area contributed by atoms with Crippen molar-refractivity contribution in [2.75, 3.05) is 0 Å². The highest BCUT2D eigenvalue weighted by atomic mass is 14.7. The van der Waals surface area contributed by atoms with Crippen molar-refractivity contribution in [2.45, 2.75) is 6.92 Å². The van der Waals surface area contributed by atoms with Gasteiger partial charge < -0.3 is 4.98 Å². The molecule has 0 radical (unpaired) electrons. The number of benzene rings is 2. The van der Waals surface area contributed by atoms with Gasteiger partial charge in [0.25, 0.3) is 0 Å². The van der Waals surface area contributed by atoms with E-state index in [4.69, 9.17) is 0 Å². The van der Waals surface area contributed by atoms with Gasteiger partial charge in [-0.15, -0.1) is 0 Å². The van der Waals surface area contributed by atoms with E-state index in [0.717, 1.165) is 5.52 Å². The summed E-state index contributed by atoms with van der Waals surface area (Å²) in [6, 6.07) is 8.69. The molecule has 0 amide bonds. The van der Waals surface area contributed by atoms with Crippen LogP contribution in [-0.4, -0.2) is 4.98 Å². The number of aromatic amines is 1. The zero-order valence-electron chi connectivity index (χ0n) is 10.5. The quantitative estimate of drug-likeness (QED) is 0.647. The van der Waals surface area contributed by atoms with E-state index in [2.05, 4.69) is 49.3 Å². The second-order valence-corrected chi connectivity index (χ2v) is 4.55. The minimum atomic E-state index is 1.16. The third-order valence-corrected chi connectivity index (χ3v) is 3.59. The summed E-state index contributed by atoms with van der Waals surface area (Å²) in [5, 5.41) is 3.71. The van der Waals surface area contributed by atoms with Crippen LogP contribution < -0.4 is 0 Å². The third-order valence-electron chi connectivity index (χ3n) is 3.59. The fourth-order valence-corrected chi connectivity index (χ4v) is 2.58. The minimum absolute atomic E-state index is 1.16. The van der Waals surface area contributed by atoms with Gasteiger partial charge in [-0.3, -0.25) is 0 Å². The minimum Gasteiger partial charge on any atom is -0.361 e. The molecule has 0 aliphatic heterocycles. The van der Waals surface area contributed by atoms with Gasteiger partial charge in [0.1, 0.15) is 0 Å². The average Bonchev–Trinajstić information content (AvgIpc) is 2.83. The number of hydrogen-bond acceptors (Lipinski definition) is 0. The maximum absolute atomic E-state index is 3.94. The number of nitrogens with one attached hydrogen (secondary N) is 1. The molecule has 3 rings (SSSR count). The van der Waals surface area contributed by atoms with Crippen molar-refractivity contribution in [3.05, 3.63) is 60.3 Å². The fourth-order valence-electron chi connectivity index (χ4n) is 2.58. The van der Waals surface area contributed by atoms with Gasteiger partial charge in [-0.1, -0.05) is 25.3 Å². The number of rotatable bonds is 2. The van der Waals surface area contributed by atoms with Gasteiger partial charge >= 0.3 is 0 Å². The molecule has 0 saturated carbocycles. The van der Waals surface area contributed by atoms with E-state index in [9.17, 15) is 0 Å². The smallest absolute Gasteiger partial charge is 0.0460 e. The van der Waals surface area contributed by atoms with Crippen LogP contribution in [0.5, 0.6) is 0 Å². The Morgan fingerprint density at radius 3 is 2.61 bits per heavy atom. The molecule has 1 aromatic heterocycles. The molecule has 0 fully saturated rings. The van der Waals surface area contributed by atoms with Crippen LogP contribution in [0.15, 0.2) is 43.6 Å². The average molecular weight is 233 g/mol. The monoisotopic (exact) mass is 233 g/mol. The molecule has 0 unspecified atom stereocenters. The van der Waals surface area contributed by atoms with Crippen molar-refractivity contribution < 1.29 is 0 Å². The first kappa shape index (κ1) is 10.8. The standard InChI is InChI=1S/C17H15N/c1-4-12-8-14-10-17-13(6-7-18-17)9-16(14)15(5-2)11(12)3/h4-10,18H,1-2H2,3H3. The summed E-state index contributed by atoms with van der Waals surface area (Å²) < 4.78 is 0. The largest absolute Gasteiger partial charge is 0.361 e. The second-order valence-electron chi connectivity index (χ2n) is 4.55. The first-order valence-electron chi connectivity index (χ1n) is 6.04. The molecular formula is C17H15N. The third kappa shape index (κ3) is 1.41. The summed E-state index contributed by atoms with van der Waals surface area (Å²) in [6.45, 7) is 9.95. The van der Waals surface area contributed by atoms with Crippen LogP contribution in [0.25, 0.3) is 33.8 Å². The van der Waals surface area contributed by atoms with Gasteiger partial charge in [0, 0.05) is 17.1 Å². The molecule has 1 N–H and O–H groups in total. The molecule has 88 valence electrons. The highest BCUT2D eigenvalue weighted by Crippen LogP contribution is 2.30. The summed E-state index contributed by atoms with van der Waals surface area (Å²) >= 11 is 0. The lowest BCUT2D eigenvalue weighted by Gasteiger charge is -2.10. The first-order valence-corrected chi connectivity index (χ1v) is 6.04. The van der Waals surface area contributed by atoms with Crippen molar-refractivity contribution >= 4 is 33.8 Å². The van der Waals surface area contributed by atoms with Gasteiger partial charge in [-0.2, -0.15) is 0 Å². The Balaban J connectivity index is 2.54. The van der Waals surface area contributed by atoms with Crippen molar-refractivity contribution in [1.82, 2.24) is 4.98 Å². The number of hydrogen-bond donors (Lipinski definition) is 1. The number of fused-ring (bicyclic) bond motifs is 2. The molecule has 1 nitrogen and oxygen atoms in total. The SMILES string of the molecule is C=Cc1cc2cc3[nH]ccc3cc2c(C=C)c1C. The van der Waals surface area contributed by atoms with E-state index in [1.165, 1.54) is 32.8 Å². The molecule has 0 aliphatic carbocycles. The van der Waals surface area contributed by atoms with Gasteiger partial charge in [0.2, 0.25) is 0 Å². The summed E-state index contributed by atoms with van der Waals surface area (Å²) in [5.41, 5.74) is 4.77. The second kappa shape index (κ2) is 3.88. The lowest BCUT2D eigenvalue weighted by Crippen LogP contribution is -1.89. The maximum atomic E-state index is 3.94. The van der Waals surface area contributed by atoms with Crippen LogP contribution in [0.4, 0.5) is 0 Å². The highest BCUT2D eigenvalue weighted by Gasteiger charge is 2.07. The Bertz CT molecular complexity index is 775. The van der Waals surface area contributed by atoms with Gasteiger partial charge in [-0.25, -0.2) is 0 Å². The zero-order valence-corrected chi connectivity index (χ0v) is 10.5. The molecule has 1 heteroatoms. The Hall–Kier alpha value is -2.28. The summed E-state index contributed by atoms with van der Waals surface area (Å²) in [5.74, 6) is 0. The predicted molar refractivity (Wildman–Crippen MR) is 80.7 cm³/mol. The van der Waals surface area contributed by atoms with Crippen molar-refractivity contribution in [2.24, 2.45) is 0 Å². The molecule has 1 heterocycles.